The average Bonchev–Trinajstić information content (AvgIpc) is 3.19. The first kappa shape index (κ1) is 35.6. The van der Waals surface area contributed by atoms with Gasteiger partial charge in [-0.2, -0.15) is 0 Å². The zero-order chi connectivity index (χ0) is 31.3. The molecule has 0 bridgehead atoms. The fraction of sp³-hybridized carbons (Fsp3) is 0.921. The molecule has 0 aromatic rings. The lowest BCUT2D eigenvalue weighted by atomic mass is 9.40. The summed E-state index contributed by atoms with van der Waals surface area (Å²) in [4.78, 5) is 12.4. The van der Waals surface area contributed by atoms with E-state index in [1.165, 1.54) is 63.4 Å². The number of aliphatic hydroxyl groups is 2. The van der Waals surface area contributed by atoms with Gasteiger partial charge in [0.2, 0.25) is 0 Å². The highest BCUT2D eigenvalue weighted by molar-refractivity contribution is 5.69. The summed E-state index contributed by atoms with van der Waals surface area (Å²) in [5.41, 5.74) is 3.08. The van der Waals surface area contributed by atoms with Crippen LogP contribution in [0.5, 0.6) is 0 Å². The first-order chi connectivity index (χ1) is 19.6. The number of fused-ring (bicyclic) bond motifs is 3. The Kier molecular flexibility index (Phi) is 12.3. The topological polar surface area (TPSA) is 66.8 Å². The molecule has 0 aromatic carbocycles. The highest BCUT2D eigenvalue weighted by atomic mass is 16.5. The number of carbonyl (C=O) groups excluding carboxylic acids is 1. The number of rotatable bonds is 15. The fourth-order valence-corrected chi connectivity index (χ4v) is 10.3. The SMILES string of the molecule is CCCCCCCC(=O)OCCCC1C(=C(C)C)CCC2[C@@]1(C)CC[C@@]1(C)C([C@H](C)CC[C@H](O)C(C)(C)O)CC[C@]21C. The van der Waals surface area contributed by atoms with Crippen LogP contribution in [-0.4, -0.2) is 34.5 Å². The Bertz CT molecular complexity index is 913. The third kappa shape index (κ3) is 7.49. The largest absolute Gasteiger partial charge is 0.466 e. The van der Waals surface area contributed by atoms with Crippen LogP contribution in [-0.2, 0) is 9.53 Å². The second-order valence-corrected chi connectivity index (χ2v) is 16.4. The van der Waals surface area contributed by atoms with Crippen molar-refractivity contribution in [1.29, 1.82) is 0 Å². The van der Waals surface area contributed by atoms with E-state index < -0.39 is 11.7 Å². The van der Waals surface area contributed by atoms with Crippen molar-refractivity contribution in [3.63, 3.8) is 0 Å². The molecule has 0 radical (unpaired) electrons. The van der Waals surface area contributed by atoms with Crippen molar-refractivity contribution < 1.29 is 19.7 Å². The number of carbonyl (C=O) groups is 1. The summed E-state index contributed by atoms with van der Waals surface area (Å²) in [6, 6.07) is 0. The minimum atomic E-state index is -1.03. The van der Waals surface area contributed by atoms with Gasteiger partial charge in [-0.25, -0.2) is 0 Å². The Morgan fingerprint density at radius 1 is 0.976 bits per heavy atom. The van der Waals surface area contributed by atoms with Crippen LogP contribution in [0, 0.1) is 39.9 Å². The number of ether oxygens (including phenoxy) is 1. The van der Waals surface area contributed by atoms with Gasteiger partial charge in [-0.15, -0.1) is 0 Å². The molecule has 3 fully saturated rings. The fourth-order valence-electron chi connectivity index (χ4n) is 10.3. The number of unbranched alkanes of at least 4 members (excludes halogenated alkanes) is 4. The maximum atomic E-state index is 12.4. The molecule has 3 unspecified atom stereocenters. The minimum Gasteiger partial charge on any atom is -0.466 e. The lowest BCUT2D eigenvalue weighted by molar-refractivity contribution is -0.147. The van der Waals surface area contributed by atoms with E-state index in [2.05, 4.69) is 48.5 Å². The van der Waals surface area contributed by atoms with Crippen molar-refractivity contribution in [3.05, 3.63) is 11.1 Å². The molecule has 3 aliphatic carbocycles. The van der Waals surface area contributed by atoms with Gasteiger partial charge >= 0.3 is 5.97 Å². The quantitative estimate of drug-likeness (QED) is 0.113. The second-order valence-electron chi connectivity index (χ2n) is 16.4. The molecule has 0 amide bonds. The lowest BCUT2D eigenvalue weighted by Gasteiger charge is -2.65. The molecule has 3 saturated carbocycles. The normalized spacial score (nSPS) is 34.5. The second kappa shape index (κ2) is 14.5. The third-order valence-corrected chi connectivity index (χ3v) is 13.2. The summed E-state index contributed by atoms with van der Waals surface area (Å²) in [6.07, 6.45) is 17.1. The van der Waals surface area contributed by atoms with Gasteiger partial charge in [-0.1, -0.05) is 71.4 Å². The molecule has 0 aliphatic heterocycles. The zero-order valence-corrected chi connectivity index (χ0v) is 29.1. The van der Waals surface area contributed by atoms with Gasteiger partial charge in [-0.05, 0) is 138 Å². The molecule has 4 nitrogen and oxygen atoms in total. The third-order valence-electron chi connectivity index (χ3n) is 13.2. The summed E-state index contributed by atoms with van der Waals surface area (Å²) in [6.45, 7) is 21.1. The summed E-state index contributed by atoms with van der Waals surface area (Å²) in [5, 5.41) is 20.8. The minimum absolute atomic E-state index is 0.0104. The molecule has 244 valence electrons. The molecule has 2 N–H and O–H groups in total. The van der Waals surface area contributed by atoms with Gasteiger partial charge in [0.1, 0.15) is 0 Å². The molecular weight excluding hydrogens is 520 g/mol. The number of hydrogen-bond acceptors (Lipinski definition) is 4. The molecule has 42 heavy (non-hydrogen) atoms. The monoisotopic (exact) mass is 589 g/mol. The van der Waals surface area contributed by atoms with Crippen LogP contribution in [0.3, 0.4) is 0 Å². The van der Waals surface area contributed by atoms with Crippen molar-refractivity contribution in [2.75, 3.05) is 6.61 Å². The van der Waals surface area contributed by atoms with E-state index in [0.29, 0.717) is 54.0 Å². The molecule has 3 aliphatic rings. The lowest BCUT2D eigenvalue weighted by Crippen LogP contribution is -2.57. The Morgan fingerprint density at radius 2 is 1.67 bits per heavy atom. The number of hydrogen-bond donors (Lipinski definition) is 2. The molecule has 0 saturated heterocycles. The molecule has 0 heterocycles. The summed E-state index contributed by atoms with van der Waals surface area (Å²) >= 11 is 0. The average molecular weight is 589 g/mol. The molecular formula is C38H68O4. The van der Waals surface area contributed by atoms with Crippen LogP contribution in [0.15, 0.2) is 11.1 Å². The van der Waals surface area contributed by atoms with Crippen molar-refractivity contribution in [2.45, 2.75) is 177 Å². The van der Waals surface area contributed by atoms with Crippen molar-refractivity contribution in [3.8, 4) is 0 Å². The van der Waals surface area contributed by atoms with E-state index in [0.717, 1.165) is 32.1 Å². The van der Waals surface area contributed by atoms with Crippen molar-refractivity contribution in [1.82, 2.24) is 0 Å². The molecule has 0 aromatic heterocycles. The van der Waals surface area contributed by atoms with Crippen LogP contribution >= 0.6 is 0 Å². The van der Waals surface area contributed by atoms with E-state index in [-0.39, 0.29) is 11.4 Å². The van der Waals surface area contributed by atoms with Gasteiger partial charge in [0, 0.05) is 6.42 Å². The highest BCUT2D eigenvalue weighted by Gasteiger charge is 2.66. The van der Waals surface area contributed by atoms with E-state index in [1.54, 1.807) is 19.4 Å². The molecule has 0 spiro atoms. The standard InChI is InChI=1S/C38H68O4/c1-10-11-12-13-14-17-34(40)42-26-15-16-31-29(27(2)3)19-20-32-36(31,7)24-25-37(8)30(22-23-38(32,37)9)28(4)18-21-33(39)35(5,6)41/h28,30-33,39,41H,10-26H2,1-9H3/t28-,30?,31?,32?,33+,36+,37+,38-/m1/s1. The van der Waals surface area contributed by atoms with Crippen LogP contribution < -0.4 is 0 Å². The Balaban J connectivity index is 1.67. The van der Waals surface area contributed by atoms with Crippen LogP contribution in [0.1, 0.15) is 165 Å². The smallest absolute Gasteiger partial charge is 0.305 e. The summed E-state index contributed by atoms with van der Waals surface area (Å²) in [7, 11) is 0. The Labute approximate surface area is 259 Å². The van der Waals surface area contributed by atoms with E-state index in [1.807, 2.05) is 0 Å². The van der Waals surface area contributed by atoms with E-state index in [9.17, 15) is 15.0 Å². The first-order valence-electron chi connectivity index (χ1n) is 17.8. The van der Waals surface area contributed by atoms with Crippen LogP contribution in [0.2, 0.25) is 0 Å². The van der Waals surface area contributed by atoms with Gasteiger partial charge in [0.15, 0.2) is 0 Å². The van der Waals surface area contributed by atoms with Gasteiger partial charge in [-0.3, -0.25) is 4.79 Å². The number of allylic oxidation sites excluding steroid dienone is 2. The van der Waals surface area contributed by atoms with E-state index >= 15 is 0 Å². The van der Waals surface area contributed by atoms with Crippen LogP contribution in [0.4, 0.5) is 0 Å². The van der Waals surface area contributed by atoms with Gasteiger partial charge < -0.3 is 14.9 Å². The van der Waals surface area contributed by atoms with Gasteiger partial charge in [0.25, 0.3) is 0 Å². The summed E-state index contributed by atoms with van der Waals surface area (Å²) in [5.74, 6) is 2.50. The number of esters is 1. The Morgan fingerprint density at radius 3 is 2.31 bits per heavy atom. The van der Waals surface area contributed by atoms with E-state index in [4.69, 9.17) is 4.74 Å². The summed E-state index contributed by atoms with van der Waals surface area (Å²) < 4.78 is 5.72. The predicted molar refractivity (Wildman–Crippen MR) is 175 cm³/mol. The predicted octanol–water partition coefficient (Wildman–Crippen LogP) is 9.80. The molecule has 8 atom stereocenters. The van der Waals surface area contributed by atoms with Crippen LogP contribution in [0.25, 0.3) is 0 Å². The molecule has 4 heteroatoms. The van der Waals surface area contributed by atoms with Gasteiger partial charge in [0.05, 0.1) is 18.3 Å². The first-order valence-corrected chi connectivity index (χ1v) is 17.8. The maximum absolute atomic E-state index is 12.4. The highest BCUT2D eigenvalue weighted by Crippen LogP contribution is 2.74. The Hall–Kier alpha value is -0.870. The van der Waals surface area contributed by atoms with Crippen molar-refractivity contribution in [2.24, 2.45) is 39.9 Å². The zero-order valence-electron chi connectivity index (χ0n) is 29.1. The maximum Gasteiger partial charge on any atom is 0.305 e. The van der Waals surface area contributed by atoms with Crippen molar-refractivity contribution >= 4 is 5.97 Å². The molecule has 3 rings (SSSR count). The number of aliphatic hydroxyl groups excluding tert-OH is 1.